The summed E-state index contributed by atoms with van der Waals surface area (Å²) < 4.78 is 0. The summed E-state index contributed by atoms with van der Waals surface area (Å²) in [6, 6.07) is 24.9. The predicted octanol–water partition coefficient (Wildman–Crippen LogP) is 6.11. The number of aliphatic carboxylic acids is 2. The second kappa shape index (κ2) is 10.8. The Morgan fingerprint density at radius 3 is 1.69 bits per heavy atom. The van der Waals surface area contributed by atoms with Crippen molar-refractivity contribution in [2.75, 3.05) is 0 Å². The first kappa shape index (κ1) is 23.2. The van der Waals surface area contributed by atoms with Crippen LogP contribution in [0.25, 0.3) is 46.8 Å². The Hall–Kier alpha value is -4.97. The second-order valence-electron chi connectivity index (χ2n) is 7.68. The zero-order valence-electron chi connectivity index (χ0n) is 18.6. The monoisotopic (exact) mass is 462 g/mol. The molecular weight excluding hydrogens is 440 g/mol. The van der Waals surface area contributed by atoms with Crippen LogP contribution in [0.5, 0.6) is 0 Å². The minimum absolute atomic E-state index is 0.684. The molecule has 0 fully saturated rings. The molecule has 0 aliphatic heterocycles. The van der Waals surface area contributed by atoms with Gasteiger partial charge in [-0.05, 0) is 34.9 Å². The van der Waals surface area contributed by atoms with Crippen LogP contribution in [0, 0.1) is 0 Å². The number of nitrogens with zero attached hydrogens (tertiary/aromatic N) is 1. The fourth-order valence-electron chi connectivity index (χ4n) is 3.48. The summed E-state index contributed by atoms with van der Waals surface area (Å²) in [4.78, 5) is 29.8. The summed E-state index contributed by atoms with van der Waals surface area (Å²) in [5, 5.41) is 17.7. The minimum atomic E-state index is -1.000. The Morgan fingerprint density at radius 2 is 1.14 bits per heavy atom. The zero-order chi connectivity index (χ0) is 24.6. The average Bonchev–Trinajstić information content (AvgIpc) is 3.30. The van der Waals surface area contributed by atoms with E-state index in [-0.39, 0.29) is 0 Å². The van der Waals surface area contributed by atoms with Crippen LogP contribution >= 0.6 is 0 Å². The lowest BCUT2D eigenvalue weighted by Crippen LogP contribution is -1.87. The van der Waals surface area contributed by atoms with Gasteiger partial charge in [-0.1, -0.05) is 84.9 Å². The molecule has 0 aliphatic carbocycles. The van der Waals surface area contributed by atoms with Gasteiger partial charge in [0.2, 0.25) is 0 Å². The van der Waals surface area contributed by atoms with Gasteiger partial charge in [-0.25, -0.2) is 14.6 Å². The number of benzene rings is 3. The molecule has 172 valence electrons. The molecular formula is C29H22N2O4. The Labute approximate surface area is 202 Å². The molecule has 1 heterocycles. The number of aromatic amines is 1. The van der Waals surface area contributed by atoms with Crippen LogP contribution in [0.1, 0.15) is 22.5 Å². The number of imidazole rings is 1. The molecule has 0 unspecified atom stereocenters. The molecule has 0 aliphatic rings. The number of nitrogens with one attached hydrogen (secondary N) is 1. The maximum Gasteiger partial charge on any atom is 0.328 e. The highest BCUT2D eigenvalue weighted by molar-refractivity contribution is 5.87. The summed E-state index contributed by atoms with van der Waals surface area (Å²) in [7, 11) is 0. The number of hydrogen-bond donors (Lipinski definition) is 3. The van der Waals surface area contributed by atoms with Gasteiger partial charge in [-0.2, -0.15) is 0 Å². The topological polar surface area (TPSA) is 103 Å². The highest BCUT2D eigenvalue weighted by Gasteiger charge is 2.13. The number of aromatic nitrogens is 2. The molecule has 3 N–H and O–H groups in total. The largest absolute Gasteiger partial charge is 0.478 e. The van der Waals surface area contributed by atoms with E-state index in [2.05, 4.69) is 4.98 Å². The molecule has 0 bridgehead atoms. The van der Waals surface area contributed by atoms with Crippen LogP contribution in [0.2, 0.25) is 0 Å². The molecule has 0 amide bonds. The van der Waals surface area contributed by atoms with Crippen molar-refractivity contribution < 1.29 is 19.8 Å². The molecule has 0 spiro atoms. The lowest BCUT2D eigenvalue weighted by Gasteiger charge is -2.05. The van der Waals surface area contributed by atoms with Crippen LogP contribution in [-0.2, 0) is 9.59 Å². The van der Waals surface area contributed by atoms with Crippen molar-refractivity contribution in [2.24, 2.45) is 0 Å². The van der Waals surface area contributed by atoms with Gasteiger partial charge in [-0.15, -0.1) is 0 Å². The SMILES string of the molecule is O=C(O)/C=C/c1ccc(-c2nc(/C=C/c3ccccc3)[nH]c2-c2ccc(/C=C/C(=O)O)cc2)cc1. The fraction of sp³-hybridized carbons (Fsp3) is 0. The third-order valence-electron chi connectivity index (χ3n) is 5.18. The van der Waals surface area contributed by atoms with E-state index in [1.165, 1.54) is 12.2 Å². The maximum atomic E-state index is 10.8. The van der Waals surface area contributed by atoms with Crippen molar-refractivity contribution in [3.8, 4) is 22.5 Å². The van der Waals surface area contributed by atoms with Crippen LogP contribution in [-0.4, -0.2) is 32.1 Å². The van der Waals surface area contributed by atoms with E-state index >= 15 is 0 Å². The smallest absolute Gasteiger partial charge is 0.328 e. The van der Waals surface area contributed by atoms with Crippen LogP contribution in [0.4, 0.5) is 0 Å². The molecule has 1 aromatic heterocycles. The van der Waals surface area contributed by atoms with Crippen molar-refractivity contribution in [1.82, 2.24) is 9.97 Å². The number of carboxylic acid groups (broad SMARTS) is 2. The summed E-state index contributed by atoms with van der Waals surface area (Å²) in [5.41, 5.74) is 5.94. The van der Waals surface area contributed by atoms with Gasteiger partial charge in [-0.3, -0.25) is 0 Å². The maximum absolute atomic E-state index is 10.8. The van der Waals surface area contributed by atoms with Gasteiger partial charge in [0.15, 0.2) is 0 Å². The van der Waals surface area contributed by atoms with Gasteiger partial charge in [0.05, 0.1) is 11.4 Å². The number of H-pyrrole nitrogens is 1. The normalized spacial score (nSPS) is 11.5. The Balaban J connectivity index is 1.71. The molecule has 0 radical (unpaired) electrons. The van der Waals surface area contributed by atoms with Crippen molar-refractivity contribution in [2.45, 2.75) is 0 Å². The third kappa shape index (κ3) is 6.30. The highest BCUT2D eigenvalue weighted by Crippen LogP contribution is 2.31. The number of carbonyl (C=O) groups is 2. The number of carboxylic acids is 2. The summed E-state index contributed by atoms with van der Waals surface area (Å²) in [5.74, 6) is -1.31. The van der Waals surface area contributed by atoms with Crippen molar-refractivity contribution in [3.63, 3.8) is 0 Å². The van der Waals surface area contributed by atoms with Crippen LogP contribution < -0.4 is 0 Å². The highest BCUT2D eigenvalue weighted by atomic mass is 16.4. The molecule has 0 saturated heterocycles. The molecule has 0 atom stereocenters. The summed E-state index contributed by atoms with van der Waals surface area (Å²) in [6.07, 6.45) is 9.17. The van der Waals surface area contributed by atoms with Gasteiger partial charge >= 0.3 is 11.9 Å². The van der Waals surface area contributed by atoms with Crippen molar-refractivity contribution in [1.29, 1.82) is 0 Å². The summed E-state index contributed by atoms with van der Waals surface area (Å²) in [6.45, 7) is 0. The van der Waals surface area contributed by atoms with E-state index in [1.807, 2.05) is 91.0 Å². The van der Waals surface area contributed by atoms with Gasteiger partial charge < -0.3 is 15.2 Å². The first-order valence-corrected chi connectivity index (χ1v) is 10.8. The number of hydrogen-bond acceptors (Lipinski definition) is 3. The van der Waals surface area contributed by atoms with E-state index in [0.717, 1.165) is 51.4 Å². The minimum Gasteiger partial charge on any atom is -0.478 e. The molecule has 6 nitrogen and oxygen atoms in total. The molecule has 3 aromatic carbocycles. The molecule has 4 aromatic rings. The predicted molar refractivity (Wildman–Crippen MR) is 138 cm³/mol. The van der Waals surface area contributed by atoms with Gasteiger partial charge in [0, 0.05) is 23.3 Å². The molecule has 4 rings (SSSR count). The van der Waals surface area contributed by atoms with E-state index < -0.39 is 11.9 Å². The van der Waals surface area contributed by atoms with Crippen LogP contribution in [0.3, 0.4) is 0 Å². The molecule has 35 heavy (non-hydrogen) atoms. The van der Waals surface area contributed by atoms with E-state index in [4.69, 9.17) is 15.2 Å². The van der Waals surface area contributed by atoms with E-state index in [0.29, 0.717) is 5.82 Å². The number of rotatable bonds is 8. The molecule has 6 heteroatoms. The first-order valence-electron chi connectivity index (χ1n) is 10.8. The summed E-state index contributed by atoms with van der Waals surface area (Å²) >= 11 is 0. The third-order valence-corrected chi connectivity index (χ3v) is 5.18. The van der Waals surface area contributed by atoms with E-state index in [9.17, 15) is 9.59 Å². The Morgan fingerprint density at radius 1 is 0.629 bits per heavy atom. The van der Waals surface area contributed by atoms with Crippen molar-refractivity contribution in [3.05, 3.63) is 114 Å². The second-order valence-corrected chi connectivity index (χ2v) is 7.68. The lowest BCUT2D eigenvalue weighted by atomic mass is 10.0. The van der Waals surface area contributed by atoms with Gasteiger partial charge in [0.1, 0.15) is 5.82 Å². The standard InChI is InChI=1S/C29H22N2O4/c32-26(33)18-11-21-6-13-23(14-7-21)28-29(24-15-8-22(9-16-24)12-19-27(34)35)31-25(30-28)17-10-20-4-2-1-3-5-20/h1-19H,(H,30,31)(H,32,33)(H,34,35)/b17-10+,18-11+,19-12+. The van der Waals surface area contributed by atoms with Crippen LogP contribution in [0.15, 0.2) is 91.0 Å². The average molecular weight is 463 g/mol. The fourth-order valence-corrected chi connectivity index (χ4v) is 3.48. The molecule has 0 saturated carbocycles. The van der Waals surface area contributed by atoms with E-state index in [1.54, 1.807) is 0 Å². The Bertz CT molecular complexity index is 1330. The Kier molecular flexibility index (Phi) is 7.13. The van der Waals surface area contributed by atoms with Gasteiger partial charge in [0.25, 0.3) is 0 Å². The zero-order valence-corrected chi connectivity index (χ0v) is 18.6. The van der Waals surface area contributed by atoms with Crippen molar-refractivity contribution >= 4 is 36.2 Å². The first-order chi connectivity index (χ1) is 17.0. The quantitative estimate of drug-likeness (QED) is 0.274. The lowest BCUT2D eigenvalue weighted by molar-refractivity contribution is -0.132.